The van der Waals surface area contributed by atoms with Crippen LogP contribution in [0.15, 0.2) is 0 Å². The lowest BCUT2D eigenvalue weighted by Crippen LogP contribution is -2.48. The van der Waals surface area contributed by atoms with Gasteiger partial charge in [0.2, 0.25) is 0 Å². The molecule has 0 aromatic rings. The van der Waals surface area contributed by atoms with Crippen molar-refractivity contribution in [3.8, 4) is 6.07 Å². The maximum Gasteiger partial charge on any atom is 0.325 e. The van der Waals surface area contributed by atoms with E-state index in [1.807, 2.05) is 6.07 Å². The molecule has 0 aromatic carbocycles. The van der Waals surface area contributed by atoms with E-state index < -0.39 is 11.5 Å². The minimum absolute atomic E-state index is 0.187. The summed E-state index contributed by atoms with van der Waals surface area (Å²) in [6.45, 7) is 3.00. The number of rotatable bonds is 5. The van der Waals surface area contributed by atoms with Crippen LogP contribution in [0.2, 0.25) is 0 Å². The predicted molar refractivity (Wildman–Crippen MR) is 45.1 cm³/mol. The first-order valence-electron chi connectivity index (χ1n) is 3.99. The van der Waals surface area contributed by atoms with Crippen molar-refractivity contribution >= 4 is 5.97 Å². The van der Waals surface area contributed by atoms with Crippen LogP contribution < -0.4 is 0 Å². The fourth-order valence-corrected chi connectivity index (χ4v) is 0.698. The standard InChI is InChI=1S/C8H14N2O3/c1-8(2,7(11)12)10(13)6-4-3-5-9/h13H,3-4,6H2,1-2H3,(H,11,12). The van der Waals surface area contributed by atoms with Gasteiger partial charge in [-0.1, -0.05) is 0 Å². The van der Waals surface area contributed by atoms with Crippen molar-refractivity contribution in [1.82, 2.24) is 5.06 Å². The van der Waals surface area contributed by atoms with Gasteiger partial charge in [0, 0.05) is 13.0 Å². The molecule has 5 heteroatoms. The summed E-state index contributed by atoms with van der Waals surface area (Å²) in [4.78, 5) is 10.6. The largest absolute Gasteiger partial charge is 0.480 e. The second-order valence-electron chi connectivity index (χ2n) is 3.25. The molecule has 0 amide bonds. The Morgan fingerprint density at radius 1 is 1.62 bits per heavy atom. The van der Waals surface area contributed by atoms with Gasteiger partial charge < -0.3 is 10.3 Å². The Hall–Kier alpha value is -1.12. The number of hydroxylamine groups is 2. The predicted octanol–water partition coefficient (Wildman–Crippen LogP) is 0.845. The third-order valence-electron chi connectivity index (χ3n) is 1.83. The molecule has 0 heterocycles. The number of carboxylic acid groups (broad SMARTS) is 1. The van der Waals surface area contributed by atoms with Crippen molar-refractivity contribution in [1.29, 1.82) is 5.26 Å². The first kappa shape index (κ1) is 11.9. The third-order valence-corrected chi connectivity index (χ3v) is 1.83. The molecule has 5 nitrogen and oxygen atoms in total. The lowest BCUT2D eigenvalue weighted by molar-refractivity contribution is -0.190. The Labute approximate surface area is 77.2 Å². The molecule has 74 valence electrons. The molecule has 0 saturated carbocycles. The van der Waals surface area contributed by atoms with Crippen LogP contribution in [-0.4, -0.2) is 33.4 Å². The van der Waals surface area contributed by atoms with Crippen molar-refractivity contribution in [2.45, 2.75) is 32.2 Å². The number of hydrogen-bond donors (Lipinski definition) is 2. The fraction of sp³-hybridized carbons (Fsp3) is 0.750. The van der Waals surface area contributed by atoms with Crippen molar-refractivity contribution < 1.29 is 15.1 Å². The molecule has 0 atom stereocenters. The molecular formula is C8H14N2O3. The van der Waals surface area contributed by atoms with E-state index in [9.17, 15) is 10.0 Å². The van der Waals surface area contributed by atoms with Crippen LogP contribution in [-0.2, 0) is 4.79 Å². The maximum absolute atomic E-state index is 10.6. The van der Waals surface area contributed by atoms with Crippen LogP contribution in [0.25, 0.3) is 0 Å². The summed E-state index contributed by atoms with van der Waals surface area (Å²) < 4.78 is 0. The van der Waals surface area contributed by atoms with Gasteiger partial charge in [0.1, 0.15) is 5.54 Å². The molecular weight excluding hydrogens is 172 g/mol. The Balaban J connectivity index is 4.03. The average molecular weight is 186 g/mol. The van der Waals surface area contributed by atoms with Gasteiger partial charge in [-0.25, -0.2) is 0 Å². The zero-order valence-corrected chi connectivity index (χ0v) is 7.82. The summed E-state index contributed by atoms with van der Waals surface area (Å²) in [6.07, 6.45) is 0.774. The molecule has 0 radical (unpaired) electrons. The first-order valence-corrected chi connectivity index (χ1v) is 3.99. The van der Waals surface area contributed by atoms with Crippen LogP contribution in [0, 0.1) is 11.3 Å². The maximum atomic E-state index is 10.6. The molecule has 0 bridgehead atoms. The number of hydrogen-bond acceptors (Lipinski definition) is 4. The molecule has 0 aromatic heterocycles. The van der Waals surface area contributed by atoms with Gasteiger partial charge in [-0.15, -0.1) is 0 Å². The topological polar surface area (TPSA) is 84.6 Å². The molecule has 2 N–H and O–H groups in total. The smallest absolute Gasteiger partial charge is 0.325 e. The number of aliphatic carboxylic acids is 1. The molecule has 0 aliphatic heterocycles. The van der Waals surface area contributed by atoms with Gasteiger partial charge >= 0.3 is 5.97 Å². The summed E-state index contributed by atoms with van der Waals surface area (Å²) in [5, 5.41) is 27.0. The van der Waals surface area contributed by atoms with Crippen molar-refractivity contribution in [2.75, 3.05) is 6.54 Å². The normalized spacial score (nSPS) is 11.3. The van der Waals surface area contributed by atoms with Crippen LogP contribution in [0.5, 0.6) is 0 Å². The second kappa shape index (κ2) is 4.80. The summed E-state index contributed by atoms with van der Waals surface area (Å²) in [5.74, 6) is -1.09. The van der Waals surface area contributed by atoms with Gasteiger partial charge in [0.25, 0.3) is 0 Å². The van der Waals surface area contributed by atoms with Crippen molar-refractivity contribution in [3.05, 3.63) is 0 Å². The minimum atomic E-state index is -1.30. The summed E-state index contributed by atoms with van der Waals surface area (Å²) in [7, 11) is 0. The fourth-order valence-electron chi connectivity index (χ4n) is 0.698. The molecule has 0 aliphatic carbocycles. The van der Waals surface area contributed by atoms with Crippen LogP contribution in [0.3, 0.4) is 0 Å². The van der Waals surface area contributed by atoms with Gasteiger partial charge in [-0.2, -0.15) is 10.3 Å². The highest BCUT2D eigenvalue weighted by molar-refractivity contribution is 5.77. The quantitative estimate of drug-likeness (QED) is 0.491. The monoisotopic (exact) mass is 186 g/mol. The summed E-state index contributed by atoms with van der Waals surface area (Å²) in [6, 6.07) is 1.92. The van der Waals surface area contributed by atoms with E-state index in [0.717, 1.165) is 5.06 Å². The van der Waals surface area contributed by atoms with Gasteiger partial charge in [-0.3, -0.25) is 4.79 Å². The SMILES string of the molecule is CC(C)(C(=O)O)N(O)CCCC#N. The van der Waals surface area contributed by atoms with E-state index in [2.05, 4.69) is 0 Å². The van der Waals surface area contributed by atoms with Crippen LogP contribution in [0.4, 0.5) is 0 Å². The molecule has 0 rings (SSSR count). The summed E-state index contributed by atoms with van der Waals surface area (Å²) in [5.41, 5.74) is -1.30. The van der Waals surface area contributed by atoms with E-state index in [1.54, 1.807) is 0 Å². The van der Waals surface area contributed by atoms with E-state index in [1.165, 1.54) is 13.8 Å². The summed E-state index contributed by atoms with van der Waals surface area (Å²) >= 11 is 0. The zero-order chi connectivity index (χ0) is 10.5. The van der Waals surface area contributed by atoms with Crippen LogP contribution >= 0.6 is 0 Å². The lowest BCUT2D eigenvalue weighted by atomic mass is 10.1. The van der Waals surface area contributed by atoms with Gasteiger partial charge in [0.05, 0.1) is 6.07 Å². The highest BCUT2D eigenvalue weighted by Gasteiger charge is 2.33. The third kappa shape index (κ3) is 3.40. The molecule has 0 spiro atoms. The van der Waals surface area contributed by atoms with Crippen molar-refractivity contribution in [3.63, 3.8) is 0 Å². The number of nitriles is 1. The van der Waals surface area contributed by atoms with Crippen molar-refractivity contribution in [2.24, 2.45) is 0 Å². The number of unbranched alkanes of at least 4 members (excludes halogenated alkanes) is 1. The highest BCUT2D eigenvalue weighted by atomic mass is 16.5. The molecule has 13 heavy (non-hydrogen) atoms. The second-order valence-corrected chi connectivity index (χ2v) is 3.25. The Bertz CT molecular complexity index is 220. The highest BCUT2D eigenvalue weighted by Crippen LogP contribution is 2.12. The molecule has 0 unspecified atom stereocenters. The van der Waals surface area contributed by atoms with E-state index in [-0.39, 0.29) is 6.54 Å². The first-order chi connectivity index (χ1) is 5.92. The average Bonchev–Trinajstić information content (AvgIpc) is 2.04. The van der Waals surface area contributed by atoms with Crippen LogP contribution in [0.1, 0.15) is 26.7 Å². The minimum Gasteiger partial charge on any atom is -0.480 e. The molecule has 0 saturated heterocycles. The van der Waals surface area contributed by atoms with E-state index in [4.69, 9.17) is 10.4 Å². The van der Waals surface area contributed by atoms with Gasteiger partial charge in [-0.05, 0) is 20.3 Å². The number of carbonyl (C=O) groups is 1. The molecule has 0 aliphatic rings. The Morgan fingerprint density at radius 2 is 2.15 bits per heavy atom. The number of carboxylic acids is 1. The van der Waals surface area contributed by atoms with E-state index in [0.29, 0.717) is 12.8 Å². The number of nitrogens with zero attached hydrogens (tertiary/aromatic N) is 2. The lowest BCUT2D eigenvalue weighted by Gasteiger charge is -2.28. The Kier molecular flexibility index (Phi) is 4.38. The van der Waals surface area contributed by atoms with Gasteiger partial charge in [0.15, 0.2) is 0 Å². The molecule has 0 fully saturated rings. The van der Waals surface area contributed by atoms with E-state index >= 15 is 0 Å². The zero-order valence-electron chi connectivity index (χ0n) is 7.82. The Morgan fingerprint density at radius 3 is 2.54 bits per heavy atom.